The lowest BCUT2D eigenvalue weighted by Gasteiger charge is -2.14. The number of ether oxygens (including phenoxy) is 2. The number of benzene rings is 1. The molecule has 0 heterocycles. The summed E-state index contributed by atoms with van der Waals surface area (Å²) in [4.78, 5) is 0. The van der Waals surface area contributed by atoms with Crippen molar-refractivity contribution in [2.75, 3.05) is 13.2 Å². The summed E-state index contributed by atoms with van der Waals surface area (Å²) >= 11 is 0. The van der Waals surface area contributed by atoms with Gasteiger partial charge in [0.1, 0.15) is 6.07 Å². The average molecular weight is 248 g/mol. The molecule has 0 aromatic heterocycles. The Balaban J connectivity index is 2.86. The molecule has 1 atom stereocenters. The van der Waals surface area contributed by atoms with Crippen LogP contribution in [0.25, 0.3) is 0 Å². The van der Waals surface area contributed by atoms with E-state index in [-0.39, 0.29) is 0 Å². The number of nitrogens with one attached hydrogen (secondary N) is 1. The van der Waals surface area contributed by atoms with E-state index in [4.69, 9.17) is 14.7 Å². The van der Waals surface area contributed by atoms with Gasteiger partial charge >= 0.3 is 0 Å². The predicted molar refractivity (Wildman–Crippen MR) is 70.7 cm³/mol. The van der Waals surface area contributed by atoms with Gasteiger partial charge in [-0.1, -0.05) is 13.0 Å². The van der Waals surface area contributed by atoms with Crippen LogP contribution in [0.1, 0.15) is 26.3 Å². The Morgan fingerprint density at radius 3 is 2.72 bits per heavy atom. The number of rotatable bonds is 7. The smallest absolute Gasteiger partial charge is 0.181 e. The molecule has 0 spiro atoms. The molecule has 1 unspecified atom stereocenters. The van der Waals surface area contributed by atoms with E-state index in [1.54, 1.807) is 6.92 Å². The SMILES string of the molecule is CCNCc1ccc(OC(C)C#N)c(OCC)c1. The van der Waals surface area contributed by atoms with E-state index in [2.05, 4.69) is 12.2 Å². The van der Waals surface area contributed by atoms with Crippen LogP contribution in [0.15, 0.2) is 18.2 Å². The Hall–Kier alpha value is -1.73. The molecule has 0 amide bonds. The Bertz CT molecular complexity index is 413. The first-order valence-electron chi connectivity index (χ1n) is 6.24. The van der Waals surface area contributed by atoms with E-state index in [0.29, 0.717) is 18.1 Å². The van der Waals surface area contributed by atoms with Gasteiger partial charge in [0.25, 0.3) is 0 Å². The molecule has 0 radical (unpaired) electrons. The van der Waals surface area contributed by atoms with Crippen molar-refractivity contribution in [2.24, 2.45) is 0 Å². The van der Waals surface area contributed by atoms with E-state index in [0.717, 1.165) is 18.7 Å². The van der Waals surface area contributed by atoms with Crippen LogP contribution in [0.4, 0.5) is 0 Å². The summed E-state index contributed by atoms with van der Waals surface area (Å²) in [5.74, 6) is 1.31. The molecular formula is C14H20N2O2. The van der Waals surface area contributed by atoms with E-state index in [1.165, 1.54) is 0 Å². The second-order valence-electron chi connectivity index (χ2n) is 3.88. The zero-order valence-corrected chi connectivity index (χ0v) is 11.2. The van der Waals surface area contributed by atoms with Gasteiger partial charge < -0.3 is 14.8 Å². The van der Waals surface area contributed by atoms with Crippen molar-refractivity contribution in [3.05, 3.63) is 23.8 Å². The third-order valence-electron chi connectivity index (χ3n) is 2.37. The minimum Gasteiger partial charge on any atom is -0.490 e. The van der Waals surface area contributed by atoms with Crippen molar-refractivity contribution in [3.63, 3.8) is 0 Å². The summed E-state index contributed by atoms with van der Waals surface area (Å²) in [7, 11) is 0. The highest BCUT2D eigenvalue weighted by atomic mass is 16.5. The zero-order chi connectivity index (χ0) is 13.4. The first-order valence-corrected chi connectivity index (χ1v) is 6.24. The minimum absolute atomic E-state index is 0.483. The van der Waals surface area contributed by atoms with Gasteiger partial charge in [0.2, 0.25) is 0 Å². The standard InChI is InChI=1S/C14H20N2O2/c1-4-16-10-12-6-7-13(18-11(3)9-15)14(8-12)17-5-2/h6-8,11,16H,4-5,10H2,1-3H3. The van der Waals surface area contributed by atoms with Gasteiger partial charge in [-0.25, -0.2) is 0 Å². The van der Waals surface area contributed by atoms with Crippen molar-refractivity contribution in [1.82, 2.24) is 5.32 Å². The number of nitriles is 1. The third-order valence-corrected chi connectivity index (χ3v) is 2.37. The van der Waals surface area contributed by atoms with Crippen LogP contribution in [0.3, 0.4) is 0 Å². The molecule has 0 aliphatic rings. The van der Waals surface area contributed by atoms with Crippen LogP contribution < -0.4 is 14.8 Å². The van der Waals surface area contributed by atoms with Crippen LogP contribution >= 0.6 is 0 Å². The molecule has 4 nitrogen and oxygen atoms in total. The highest BCUT2D eigenvalue weighted by molar-refractivity contribution is 5.43. The summed E-state index contributed by atoms with van der Waals surface area (Å²) in [6.07, 6.45) is -0.483. The molecule has 1 aromatic rings. The van der Waals surface area contributed by atoms with Gasteiger partial charge in [-0.05, 0) is 38.1 Å². The molecule has 18 heavy (non-hydrogen) atoms. The van der Waals surface area contributed by atoms with Crippen LogP contribution in [-0.2, 0) is 6.54 Å². The normalized spacial score (nSPS) is 11.7. The maximum Gasteiger partial charge on any atom is 0.181 e. The number of hydrogen-bond donors (Lipinski definition) is 1. The van der Waals surface area contributed by atoms with E-state index in [1.807, 2.05) is 31.2 Å². The molecule has 98 valence electrons. The van der Waals surface area contributed by atoms with E-state index in [9.17, 15) is 0 Å². The molecule has 0 bridgehead atoms. The van der Waals surface area contributed by atoms with Gasteiger partial charge in [-0.15, -0.1) is 0 Å². The molecule has 1 aromatic carbocycles. The molecule has 1 N–H and O–H groups in total. The first-order chi connectivity index (χ1) is 8.71. The largest absolute Gasteiger partial charge is 0.490 e. The molecule has 4 heteroatoms. The lowest BCUT2D eigenvalue weighted by molar-refractivity contribution is 0.249. The summed E-state index contributed by atoms with van der Waals surface area (Å²) in [5.41, 5.74) is 1.14. The molecule has 0 saturated carbocycles. The van der Waals surface area contributed by atoms with Gasteiger partial charge in [0, 0.05) is 6.54 Å². The van der Waals surface area contributed by atoms with Crippen molar-refractivity contribution in [3.8, 4) is 17.6 Å². The van der Waals surface area contributed by atoms with Crippen molar-refractivity contribution < 1.29 is 9.47 Å². The van der Waals surface area contributed by atoms with Gasteiger partial charge in [0.15, 0.2) is 17.6 Å². The molecule has 0 aliphatic heterocycles. The van der Waals surface area contributed by atoms with Crippen molar-refractivity contribution in [2.45, 2.75) is 33.4 Å². The number of nitrogens with zero attached hydrogens (tertiary/aromatic N) is 1. The Labute approximate surface area is 109 Å². The van der Waals surface area contributed by atoms with Crippen molar-refractivity contribution in [1.29, 1.82) is 5.26 Å². The van der Waals surface area contributed by atoms with E-state index < -0.39 is 6.10 Å². The second-order valence-corrected chi connectivity index (χ2v) is 3.88. The highest BCUT2D eigenvalue weighted by Crippen LogP contribution is 2.29. The van der Waals surface area contributed by atoms with Crippen LogP contribution in [0.5, 0.6) is 11.5 Å². The monoisotopic (exact) mass is 248 g/mol. The quantitative estimate of drug-likeness (QED) is 0.805. The molecule has 0 fully saturated rings. The zero-order valence-electron chi connectivity index (χ0n) is 11.2. The van der Waals surface area contributed by atoms with Crippen LogP contribution in [0.2, 0.25) is 0 Å². The number of hydrogen-bond acceptors (Lipinski definition) is 4. The van der Waals surface area contributed by atoms with Gasteiger partial charge in [-0.2, -0.15) is 5.26 Å². The molecule has 1 rings (SSSR count). The Kier molecular flexibility index (Phi) is 6.03. The minimum atomic E-state index is -0.483. The maximum absolute atomic E-state index is 8.76. The van der Waals surface area contributed by atoms with Crippen LogP contribution in [0, 0.1) is 11.3 Å². The summed E-state index contributed by atoms with van der Waals surface area (Å²) in [6, 6.07) is 7.82. The maximum atomic E-state index is 8.76. The van der Waals surface area contributed by atoms with E-state index >= 15 is 0 Å². The first kappa shape index (κ1) is 14.3. The topological polar surface area (TPSA) is 54.3 Å². The summed E-state index contributed by atoms with van der Waals surface area (Å²) in [6.45, 7) is 7.99. The molecular weight excluding hydrogens is 228 g/mol. The summed E-state index contributed by atoms with van der Waals surface area (Å²) in [5, 5.41) is 12.0. The highest BCUT2D eigenvalue weighted by Gasteiger charge is 2.09. The van der Waals surface area contributed by atoms with Crippen LogP contribution in [-0.4, -0.2) is 19.3 Å². The van der Waals surface area contributed by atoms with Gasteiger partial charge in [0.05, 0.1) is 6.61 Å². The molecule has 0 saturated heterocycles. The average Bonchev–Trinajstić information content (AvgIpc) is 2.39. The lowest BCUT2D eigenvalue weighted by atomic mass is 10.2. The Morgan fingerprint density at radius 2 is 2.11 bits per heavy atom. The van der Waals surface area contributed by atoms with Gasteiger partial charge in [-0.3, -0.25) is 0 Å². The predicted octanol–water partition coefficient (Wildman–Crippen LogP) is 2.49. The Morgan fingerprint density at radius 1 is 1.33 bits per heavy atom. The fourth-order valence-electron chi connectivity index (χ4n) is 1.51. The second kappa shape index (κ2) is 7.57. The fourth-order valence-corrected chi connectivity index (χ4v) is 1.51. The lowest BCUT2D eigenvalue weighted by Crippen LogP contribution is -2.13. The summed E-state index contributed by atoms with van der Waals surface area (Å²) < 4.78 is 11.0. The molecule has 0 aliphatic carbocycles. The third kappa shape index (κ3) is 4.27. The van der Waals surface area contributed by atoms with Crippen molar-refractivity contribution >= 4 is 0 Å². The fraction of sp³-hybridized carbons (Fsp3) is 0.500.